The number of rotatable bonds is 6. The third-order valence-corrected chi connectivity index (χ3v) is 11.9. The molecule has 1 fully saturated rings. The Morgan fingerprint density at radius 1 is 1.23 bits per heavy atom. The first-order valence-corrected chi connectivity index (χ1v) is 11.0. The van der Waals surface area contributed by atoms with Gasteiger partial charge in [-0.25, -0.2) is 4.79 Å². The number of nitrogens with zero attached hydrogens (tertiary/aromatic N) is 1. The van der Waals surface area contributed by atoms with Gasteiger partial charge in [0.05, 0.1) is 13.2 Å². The van der Waals surface area contributed by atoms with E-state index in [4.69, 9.17) is 9.53 Å². The Morgan fingerprint density at radius 2 is 1.68 bits per heavy atom. The van der Waals surface area contributed by atoms with Crippen molar-refractivity contribution >= 4 is 24.7 Å². The molecule has 0 aliphatic carbocycles. The average molecular weight is 354 g/mol. The fraction of sp³-hybridized carbons (Fsp3) is 0.923. The first kappa shape index (κ1) is 19.4. The molecule has 1 amide bonds. The van der Waals surface area contributed by atoms with Crippen LogP contribution in [0.2, 0.25) is 16.6 Å². The zero-order valence-corrected chi connectivity index (χ0v) is 15.9. The molecule has 22 heavy (non-hydrogen) atoms. The molecule has 0 saturated carbocycles. The second kappa shape index (κ2) is 6.86. The van der Waals surface area contributed by atoms with Crippen molar-refractivity contribution in [3.8, 4) is 0 Å². The Bertz CT molecular complexity index is 483. The lowest BCUT2D eigenvalue weighted by Gasteiger charge is -2.42. The van der Waals surface area contributed by atoms with Gasteiger partial charge in [0.2, 0.25) is 0 Å². The van der Waals surface area contributed by atoms with Crippen molar-refractivity contribution in [2.75, 3.05) is 13.2 Å². The molecule has 0 spiro atoms. The molecule has 0 aromatic carbocycles. The van der Waals surface area contributed by atoms with Crippen molar-refractivity contribution in [2.24, 2.45) is 0 Å². The second-order valence-corrected chi connectivity index (χ2v) is 13.5. The van der Waals surface area contributed by atoms with E-state index in [1.54, 1.807) is 0 Å². The summed E-state index contributed by atoms with van der Waals surface area (Å²) in [5.74, 6) is 0. The summed E-state index contributed by atoms with van der Waals surface area (Å²) in [6, 6.07) is -0.814. The van der Waals surface area contributed by atoms with Crippen LogP contribution in [0.25, 0.3) is 0 Å². The van der Waals surface area contributed by atoms with Crippen molar-refractivity contribution in [2.45, 2.75) is 64.2 Å². The molecule has 1 saturated heterocycles. The molecule has 0 aromatic heterocycles. The highest BCUT2D eigenvalue weighted by Gasteiger charge is 2.48. The van der Waals surface area contributed by atoms with Crippen molar-refractivity contribution in [3.63, 3.8) is 0 Å². The molecule has 1 atom stereocenters. The zero-order valence-electron chi connectivity index (χ0n) is 14.1. The van der Waals surface area contributed by atoms with E-state index in [0.717, 1.165) is 0 Å². The Labute approximate surface area is 134 Å². The Morgan fingerprint density at radius 3 is 2.05 bits per heavy atom. The van der Waals surface area contributed by atoms with Crippen LogP contribution in [0.5, 0.6) is 0 Å². The van der Waals surface area contributed by atoms with E-state index in [9.17, 15) is 13.2 Å². The molecule has 0 radical (unpaired) electrons. The normalized spacial score (nSPS) is 22.0. The molecular formula is C13H27NO6SSi. The molecule has 1 rings (SSSR count). The van der Waals surface area contributed by atoms with Crippen LogP contribution in [0.15, 0.2) is 0 Å². The molecule has 1 aliphatic rings. The van der Waals surface area contributed by atoms with Crippen LogP contribution in [0.1, 0.15) is 41.5 Å². The largest absolute Gasteiger partial charge is 0.464 e. The maximum absolute atomic E-state index is 11.6. The molecular weight excluding hydrogens is 326 g/mol. The summed E-state index contributed by atoms with van der Waals surface area (Å²) < 4.78 is 34.5. The van der Waals surface area contributed by atoms with Gasteiger partial charge in [-0.1, -0.05) is 41.5 Å². The fourth-order valence-corrected chi connectivity index (χ4v) is 10.2. The summed E-state index contributed by atoms with van der Waals surface area (Å²) in [5.41, 5.74) is 1.01. The minimum Gasteiger partial charge on any atom is -0.464 e. The maximum Gasteiger partial charge on any atom is 0.423 e. The zero-order chi connectivity index (χ0) is 17.3. The van der Waals surface area contributed by atoms with Crippen molar-refractivity contribution < 1.29 is 26.9 Å². The Hall–Kier alpha value is -0.643. The van der Waals surface area contributed by atoms with Gasteiger partial charge >= 0.3 is 16.4 Å². The molecule has 0 bridgehead atoms. The summed E-state index contributed by atoms with van der Waals surface area (Å²) in [6.45, 7) is 12.5. The smallest absolute Gasteiger partial charge is 0.423 e. The van der Waals surface area contributed by atoms with E-state index < -0.39 is 30.8 Å². The number of hydrogen-bond acceptors (Lipinski definition) is 5. The minimum absolute atomic E-state index is 0.0479. The lowest BCUT2D eigenvalue weighted by atomic mass is 10.3. The van der Waals surface area contributed by atoms with Gasteiger partial charge in [-0.15, -0.1) is 0 Å². The predicted molar refractivity (Wildman–Crippen MR) is 85.5 cm³/mol. The van der Waals surface area contributed by atoms with E-state index in [0.29, 0.717) is 20.9 Å². The van der Waals surface area contributed by atoms with Crippen LogP contribution in [0.4, 0.5) is 4.79 Å². The van der Waals surface area contributed by atoms with Crippen LogP contribution >= 0.6 is 0 Å². The Kier molecular flexibility index (Phi) is 6.05. The summed E-state index contributed by atoms with van der Waals surface area (Å²) in [5, 5.41) is 9.10. The van der Waals surface area contributed by atoms with Crippen LogP contribution in [-0.4, -0.2) is 51.5 Å². The lowest BCUT2D eigenvalue weighted by Crippen LogP contribution is -2.51. The van der Waals surface area contributed by atoms with Crippen molar-refractivity contribution in [3.05, 3.63) is 0 Å². The standard InChI is InChI=1S/C13H27NO6SSi/c1-9(2)22(10(3)4,11(5)6)20-8-12-7-19-21(17,18)14(12)13(15)16/h9-12H,7-8H2,1-6H3,(H,15,16)/t12-/m1/s1. The third-order valence-electron chi connectivity index (χ3n) is 4.40. The quantitative estimate of drug-likeness (QED) is 0.738. The van der Waals surface area contributed by atoms with Crippen molar-refractivity contribution in [1.82, 2.24) is 4.31 Å². The van der Waals surface area contributed by atoms with E-state index in [1.807, 2.05) is 0 Å². The van der Waals surface area contributed by atoms with Gasteiger partial charge in [0, 0.05) is 0 Å². The number of amides is 1. The van der Waals surface area contributed by atoms with Crippen LogP contribution in [0.3, 0.4) is 0 Å². The van der Waals surface area contributed by atoms with Gasteiger partial charge in [-0.2, -0.15) is 12.7 Å². The molecule has 0 unspecified atom stereocenters. The van der Waals surface area contributed by atoms with E-state index in [-0.39, 0.29) is 13.2 Å². The molecule has 7 nitrogen and oxygen atoms in total. The van der Waals surface area contributed by atoms with Crippen molar-refractivity contribution in [1.29, 1.82) is 0 Å². The van der Waals surface area contributed by atoms with Gasteiger partial charge in [0.25, 0.3) is 0 Å². The summed E-state index contributed by atoms with van der Waals surface area (Å²) in [7, 11) is -6.37. The summed E-state index contributed by atoms with van der Waals surface area (Å²) >= 11 is 0. The molecule has 1 aliphatic heterocycles. The van der Waals surface area contributed by atoms with Gasteiger partial charge in [-0.3, -0.25) is 4.18 Å². The van der Waals surface area contributed by atoms with Crippen LogP contribution < -0.4 is 0 Å². The minimum atomic E-state index is -4.19. The third kappa shape index (κ3) is 3.47. The van der Waals surface area contributed by atoms with Gasteiger partial charge < -0.3 is 9.53 Å². The Balaban J connectivity index is 2.97. The summed E-state index contributed by atoms with van der Waals surface area (Å²) in [4.78, 5) is 11.2. The topological polar surface area (TPSA) is 93.1 Å². The van der Waals surface area contributed by atoms with E-state index >= 15 is 0 Å². The first-order valence-electron chi connectivity index (χ1n) is 7.52. The molecule has 0 aromatic rings. The molecule has 9 heteroatoms. The van der Waals surface area contributed by atoms with E-state index in [2.05, 4.69) is 45.7 Å². The first-order chi connectivity index (χ1) is 9.96. The summed E-state index contributed by atoms with van der Waals surface area (Å²) in [6.07, 6.45) is -1.53. The highest BCUT2D eigenvalue weighted by Crippen LogP contribution is 2.42. The molecule has 1 N–H and O–H groups in total. The van der Waals surface area contributed by atoms with Gasteiger partial charge in [0.15, 0.2) is 8.32 Å². The lowest BCUT2D eigenvalue weighted by molar-refractivity contribution is 0.143. The number of carbonyl (C=O) groups is 1. The van der Waals surface area contributed by atoms with Crippen LogP contribution in [0, 0.1) is 0 Å². The fourth-order valence-electron chi connectivity index (χ4n) is 3.58. The number of carboxylic acid groups (broad SMARTS) is 1. The monoisotopic (exact) mass is 353 g/mol. The second-order valence-electron chi connectivity index (χ2n) is 6.60. The number of hydrogen-bond donors (Lipinski definition) is 1. The maximum atomic E-state index is 11.6. The van der Waals surface area contributed by atoms with Gasteiger partial charge in [-0.05, 0) is 16.6 Å². The van der Waals surface area contributed by atoms with Gasteiger partial charge in [0.1, 0.15) is 6.04 Å². The molecule has 1 heterocycles. The molecule has 130 valence electrons. The van der Waals surface area contributed by atoms with Crippen LogP contribution in [-0.2, 0) is 18.9 Å². The SMILES string of the molecule is CC(C)[Si](OC[C@H]1COS(=O)(=O)N1C(=O)O)(C(C)C)C(C)C. The van der Waals surface area contributed by atoms with E-state index in [1.165, 1.54) is 0 Å². The average Bonchev–Trinajstić information content (AvgIpc) is 2.63. The highest BCUT2D eigenvalue weighted by atomic mass is 32.2. The highest BCUT2D eigenvalue weighted by molar-refractivity contribution is 7.85. The predicted octanol–water partition coefficient (Wildman–Crippen LogP) is 2.80.